The lowest BCUT2D eigenvalue weighted by molar-refractivity contribution is 0.574. The van der Waals surface area contributed by atoms with Gasteiger partial charge in [-0.15, -0.1) is 0 Å². The molecule has 9 heteroatoms. The number of fused-ring (bicyclic) bond motifs is 2. The number of benzene rings is 1. The van der Waals surface area contributed by atoms with Crippen molar-refractivity contribution in [3.8, 4) is 0 Å². The van der Waals surface area contributed by atoms with E-state index in [0.717, 1.165) is 46.7 Å². The van der Waals surface area contributed by atoms with E-state index in [4.69, 9.17) is 23.2 Å². The van der Waals surface area contributed by atoms with E-state index in [1.165, 1.54) is 19.3 Å². The Kier molecular flexibility index (Phi) is 5.31. The molecule has 1 aliphatic rings. The molecule has 1 N–H and O–H groups in total. The highest BCUT2D eigenvalue weighted by molar-refractivity contribution is 6.31. The van der Waals surface area contributed by atoms with Crippen LogP contribution in [0.3, 0.4) is 0 Å². The number of aromatic nitrogens is 5. The molecule has 5 rings (SSSR count). The molecule has 3 aromatic heterocycles. The maximum absolute atomic E-state index is 6.26. The molecular weight excluding hydrogens is 421 g/mol. The molecule has 4 aromatic rings. The van der Waals surface area contributed by atoms with E-state index in [1.807, 2.05) is 35.2 Å². The van der Waals surface area contributed by atoms with E-state index in [2.05, 4.69) is 30.2 Å². The van der Waals surface area contributed by atoms with Gasteiger partial charge in [-0.25, -0.2) is 4.98 Å². The van der Waals surface area contributed by atoms with Crippen molar-refractivity contribution in [3.63, 3.8) is 0 Å². The van der Waals surface area contributed by atoms with Crippen LogP contribution in [0.2, 0.25) is 10.3 Å². The van der Waals surface area contributed by atoms with Gasteiger partial charge in [0, 0.05) is 48.5 Å². The maximum atomic E-state index is 6.26. The standard InChI is InChI=1S/C21H21Cl2N7/c22-14-4-5-15-16(6-7-24-17(15)12-14)25-8-11-30-13-26-18-19(27-21(23)28-20(18)30)29-9-2-1-3-10-29/h4-7,12-13H,1-3,8-11H2,(H,24,25). The number of pyridine rings is 1. The third kappa shape index (κ3) is 3.75. The van der Waals surface area contributed by atoms with Crippen LogP contribution < -0.4 is 10.2 Å². The van der Waals surface area contributed by atoms with Crippen LogP contribution in [-0.2, 0) is 6.54 Å². The normalized spacial score (nSPS) is 14.5. The first-order chi connectivity index (χ1) is 14.7. The molecule has 1 aromatic carbocycles. The number of anilines is 2. The van der Waals surface area contributed by atoms with E-state index < -0.39 is 0 Å². The van der Waals surface area contributed by atoms with Crippen molar-refractivity contribution in [2.45, 2.75) is 25.8 Å². The van der Waals surface area contributed by atoms with Crippen LogP contribution in [0.15, 0.2) is 36.8 Å². The van der Waals surface area contributed by atoms with Crippen LogP contribution in [-0.4, -0.2) is 44.1 Å². The van der Waals surface area contributed by atoms with Crippen molar-refractivity contribution in [1.29, 1.82) is 0 Å². The molecule has 0 atom stereocenters. The first kappa shape index (κ1) is 19.3. The van der Waals surface area contributed by atoms with E-state index >= 15 is 0 Å². The van der Waals surface area contributed by atoms with Gasteiger partial charge in [-0.1, -0.05) is 11.6 Å². The quantitative estimate of drug-likeness (QED) is 0.449. The number of nitrogens with one attached hydrogen (secondary N) is 1. The molecule has 1 saturated heterocycles. The van der Waals surface area contributed by atoms with E-state index in [9.17, 15) is 0 Å². The molecule has 4 heterocycles. The van der Waals surface area contributed by atoms with Gasteiger partial charge in [-0.05, 0) is 55.1 Å². The van der Waals surface area contributed by atoms with Gasteiger partial charge in [0.15, 0.2) is 17.0 Å². The van der Waals surface area contributed by atoms with Crippen molar-refractivity contribution < 1.29 is 0 Å². The summed E-state index contributed by atoms with van der Waals surface area (Å²) in [4.78, 5) is 20.2. The SMILES string of the molecule is Clc1ccc2c(NCCn3cnc4c(N5CCCCC5)nc(Cl)nc43)ccnc2c1. The van der Waals surface area contributed by atoms with Gasteiger partial charge in [-0.2, -0.15) is 9.97 Å². The second kappa shape index (κ2) is 8.24. The fourth-order valence-electron chi connectivity index (χ4n) is 3.98. The molecule has 0 unspecified atom stereocenters. The Morgan fingerprint density at radius 3 is 2.73 bits per heavy atom. The third-order valence-corrected chi connectivity index (χ3v) is 5.85. The Morgan fingerprint density at radius 2 is 1.87 bits per heavy atom. The van der Waals surface area contributed by atoms with Crippen LogP contribution in [0.1, 0.15) is 19.3 Å². The Morgan fingerprint density at radius 1 is 1.00 bits per heavy atom. The van der Waals surface area contributed by atoms with Gasteiger partial charge in [-0.3, -0.25) is 4.98 Å². The van der Waals surface area contributed by atoms with Gasteiger partial charge < -0.3 is 14.8 Å². The summed E-state index contributed by atoms with van der Waals surface area (Å²) >= 11 is 12.3. The van der Waals surface area contributed by atoms with Crippen LogP contribution in [0.25, 0.3) is 22.1 Å². The highest BCUT2D eigenvalue weighted by Gasteiger charge is 2.19. The number of hydrogen-bond donors (Lipinski definition) is 1. The smallest absolute Gasteiger partial charge is 0.226 e. The average Bonchev–Trinajstić information content (AvgIpc) is 3.16. The molecule has 0 bridgehead atoms. The molecule has 0 amide bonds. The summed E-state index contributed by atoms with van der Waals surface area (Å²) in [5.74, 6) is 0.841. The molecule has 0 saturated carbocycles. The van der Waals surface area contributed by atoms with Gasteiger partial charge in [0.1, 0.15) is 0 Å². The minimum atomic E-state index is 0.259. The number of hydrogen-bond acceptors (Lipinski definition) is 6. The predicted molar refractivity (Wildman–Crippen MR) is 122 cm³/mol. The largest absolute Gasteiger partial charge is 0.383 e. The summed E-state index contributed by atoms with van der Waals surface area (Å²) in [5, 5.41) is 5.46. The Bertz CT molecular complexity index is 1200. The number of imidazole rings is 1. The summed E-state index contributed by atoms with van der Waals surface area (Å²) in [5.41, 5.74) is 3.46. The molecule has 0 aliphatic carbocycles. The molecule has 30 heavy (non-hydrogen) atoms. The second-order valence-corrected chi connectivity index (χ2v) is 8.20. The summed E-state index contributed by atoms with van der Waals surface area (Å²) in [7, 11) is 0. The van der Waals surface area contributed by atoms with Gasteiger partial charge in [0.25, 0.3) is 0 Å². The fourth-order valence-corrected chi connectivity index (χ4v) is 4.31. The van der Waals surface area contributed by atoms with Crippen molar-refractivity contribution in [2.24, 2.45) is 0 Å². The van der Waals surface area contributed by atoms with Crippen LogP contribution in [0.4, 0.5) is 11.5 Å². The first-order valence-corrected chi connectivity index (χ1v) is 10.9. The summed E-state index contributed by atoms with van der Waals surface area (Å²) in [6.07, 6.45) is 7.19. The molecule has 1 aliphatic heterocycles. The lowest BCUT2D eigenvalue weighted by Crippen LogP contribution is -2.30. The number of piperidine rings is 1. The third-order valence-electron chi connectivity index (χ3n) is 5.45. The average molecular weight is 442 g/mol. The minimum absolute atomic E-state index is 0.259. The summed E-state index contributed by atoms with van der Waals surface area (Å²) < 4.78 is 2.02. The second-order valence-electron chi connectivity index (χ2n) is 7.42. The summed E-state index contributed by atoms with van der Waals surface area (Å²) in [6, 6.07) is 7.70. The predicted octanol–water partition coefficient (Wildman–Crippen LogP) is 4.78. The Balaban J connectivity index is 1.37. The molecule has 154 valence electrons. The van der Waals surface area contributed by atoms with E-state index in [-0.39, 0.29) is 5.28 Å². The lowest BCUT2D eigenvalue weighted by Gasteiger charge is -2.27. The monoisotopic (exact) mass is 441 g/mol. The Hall–Kier alpha value is -2.64. The molecule has 1 fully saturated rings. The summed E-state index contributed by atoms with van der Waals surface area (Å²) in [6.45, 7) is 3.36. The van der Waals surface area contributed by atoms with Crippen molar-refractivity contribution in [1.82, 2.24) is 24.5 Å². The maximum Gasteiger partial charge on any atom is 0.226 e. The van der Waals surface area contributed by atoms with Gasteiger partial charge in [0.2, 0.25) is 5.28 Å². The highest BCUT2D eigenvalue weighted by Crippen LogP contribution is 2.27. The minimum Gasteiger partial charge on any atom is -0.383 e. The highest BCUT2D eigenvalue weighted by atomic mass is 35.5. The van der Waals surface area contributed by atoms with Crippen LogP contribution in [0.5, 0.6) is 0 Å². The number of rotatable bonds is 5. The zero-order chi connectivity index (χ0) is 20.5. The number of nitrogens with zero attached hydrogens (tertiary/aromatic N) is 6. The number of halogens is 2. The molecule has 0 radical (unpaired) electrons. The molecular formula is C21H21Cl2N7. The van der Waals surface area contributed by atoms with E-state index in [0.29, 0.717) is 18.1 Å². The molecule has 7 nitrogen and oxygen atoms in total. The first-order valence-electron chi connectivity index (χ1n) is 10.1. The zero-order valence-electron chi connectivity index (χ0n) is 16.4. The van der Waals surface area contributed by atoms with E-state index in [1.54, 1.807) is 6.20 Å². The topological polar surface area (TPSA) is 71.8 Å². The van der Waals surface area contributed by atoms with Gasteiger partial charge >= 0.3 is 0 Å². The van der Waals surface area contributed by atoms with Crippen LogP contribution in [0, 0.1) is 0 Å². The fraction of sp³-hybridized carbons (Fsp3) is 0.333. The van der Waals surface area contributed by atoms with Crippen LogP contribution >= 0.6 is 23.2 Å². The van der Waals surface area contributed by atoms with Crippen molar-refractivity contribution in [2.75, 3.05) is 29.9 Å². The lowest BCUT2D eigenvalue weighted by atomic mass is 10.1. The zero-order valence-corrected chi connectivity index (χ0v) is 17.9. The van der Waals surface area contributed by atoms with Crippen molar-refractivity contribution in [3.05, 3.63) is 47.1 Å². The Labute approximate surface area is 184 Å². The van der Waals surface area contributed by atoms with Crippen molar-refractivity contribution >= 4 is 56.8 Å². The van der Waals surface area contributed by atoms with Gasteiger partial charge in [0.05, 0.1) is 11.8 Å². The molecule has 0 spiro atoms.